The number of fused-ring (bicyclic) bond motifs is 1. The van der Waals surface area contributed by atoms with Gasteiger partial charge in [-0.15, -0.1) is 0 Å². The first-order valence-corrected chi connectivity index (χ1v) is 8.04. The lowest BCUT2D eigenvalue weighted by atomic mass is 10.1. The van der Waals surface area contributed by atoms with E-state index in [1.165, 1.54) is 4.31 Å². The molecule has 0 atom stereocenters. The van der Waals surface area contributed by atoms with Crippen LogP contribution in [0.1, 0.15) is 12.8 Å². The number of rotatable bonds is 2. The van der Waals surface area contributed by atoms with Crippen LogP contribution in [0, 0.1) is 0 Å². The highest BCUT2D eigenvalue weighted by Crippen LogP contribution is 2.23. The number of benzene rings is 1. The van der Waals surface area contributed by atoms with E-state index in [2.05, 4.69) is 4.98 Å². The van der Waals surface area contributed by atoms with Gasteiger partial charge in [-0.1, -0.05) is 6.07 Å². The zero-order valence-corrected chi connectivity index (χ0v) is 11.8. The van der Waals surface area contributed by atoms with Crippen LogP contribution in [-0.2, 0) is 10.0 Å². The molecule has 1 fully saturated rings. The zero-order chi connectivity index (χ0) is 14.2. The lowest BCUT2D eigenvalue weighted by molar-refractivity contribution is 0.113. The predicted octanol–water partition coefficient (Wildman–Crippen LogP) is 1.38. The molecule has 0 amide bonds. The largest absolute Gasteiger partial charge is 0.393 e. The van der Waals surface area contributed by atoms with Crippen molar-refractivity contribution in [2.24, 2.45) is 0 Å². The first kappa shape index (κ1) is 13.5. The Morgan fingerprint density at radius 3 is 2.70 bits per heavy atom. The van der Waals surface area contributed by atoms with Gasteiger partial charge in [0.05, 0.1) is 16.5 Å². The average molecular weight is 292 g/mol. The molecule has 2 aromatic rings. The molecule has 106 valence electrons. The van der Waals surface area contributed by atoms with Gasteiger partial charge in [-0.3, -0.25) is 4.98 Å². The van der Waals surface area contributed by atoms with Crippen molar-refractivity contribution in [3.8, 4) is 0 Å². The number of aliphatic hydroxyl groups is 1. The molecule has 0 aliphatic carbocycles. The molecule has 2 heterocycles. The molecule has 20 heavy (non-hydrogen) atoms. The normalized spacial score (nSPS) is 18.4. The van der Waals surface area contributed by atoms with Crippen LogP contribution in [0.5, 0.6) is 0 Å². The Labute approximate surface area is 117 Å². The number of pyridine rings is 1. The van der Waals surface area contributed by atoms with Crippen LogP contribution in [0.4, 0.5) is 0 Å². The van der Waals surface area contributed by atoms with Gasteiger partial charge in [0.2, 0.25) is 10.0 Å². The minimum Gasteiger partial charge on any atom is -0.393 e. The van der Waals surface area contributed by atoms with E-state index in [-0.39, 0.29) is 11.0 Å². The van der Waals surface area contributed by atoms with E-state index in [0.29, 0.717) is 25.9 Å². The second-order valence-electron chi connectivity index (χ2n) is 4.99. The smallest absolute Gasteiger partial charge is 0.243 e. The maximum Gasteiger partial charge on any atom is 0.243 e. The van der Waals surface area contributed by atoms with Crippen molar-refractivity contribution in [1.82, 2.24) is 9.29 Å². The Bertz CT molecular complexity index is 722. The molecule has 0 bridgehead atoms. The molecule has 0 spiro atoms. The molecule has 0 radical (unpaired) electrons. The van der Waals surface area contributed by atoms with E-state index in [0.717, 1.165) is 10.9 Å². The zero-order valence-electron chi connectivity index (χ0n) is 10.9. The van der Waals surface area contributed by atoms with E-state index >= 15 is 0 Å². The fourth-order valence-electron chi connectivity index (χ4n) is 2.45. The van der Waals surface area contributed by atoms with Crippen molar-refractivity contribution >= 4 is 20.9 Å². The molecule has 0 unspecified atom stereocenters. The molecule has 3 rings (SSSR count). The van der Waals surface area contributed by atoms with Gasteiger partial charge in [-0.25, -0.2) is 8.42 Å². The molecule has 1 aromatic carbocycles. The number of hydrogen-bond donors (Lipinski definition) is 1. The van der Waals surface area contributed by atoms with Gasteiger partial charge in [-0.2, -0.15) is 4.31 Å². The Morgan fingerprint density at radius 1 is 1.20 bits per heavy atom. The average Bonchev–Trinajstić information content (AvgIpc) is 2.47. The predicted molar refractivity (Wildman–Crippen MR) is 75.7 cm³/mol. The van der Waals surface area contributed by atoms with Crippen molar-refractivity contribution < 1.29 is 13.5 Å². The number of aromatic nitrogens is 1. The summed E-state index contributed by atoms with van der Waals surface area (Å²) in [4.78, 5) is 4.47. The van der Waals surface area contributed by atoms with Crippen LogP contribution in [0.3, 0.4) is 0 Å². The van der Waals surface area contributed by atoms with Crippen molar-refractivity contribution in [2.75, 3.05) is 13.1 Å². The van der Waals surface area contributed by atoms with E-state index in [9.17, 15) is 13.5 Å². The molecular formula is C14H16N2O3S. The molecule has 6 heteroatoms. The van der Waals surface area contributed by atoms with Gasteiger partial charge in [0.1, 0.15) is 0 Å². The fraction of sp³-hybridized carbons (Fsp3) is 0.357. The lowest BCUT2D eigenvalue weighted by Crippen LogP contribution is -2.39. The first-order valence-electron chi connectivity index (χ1n) is 6.60. The number of sulfonamides is 1. The van der Waals surface area contributed by atoms with Crippen molar-refractivity contribution in [1.29, 1.82) is 0 Å². The van der Waals surface area contributed by atoms with Crippen LogP contribution in [0.2, 0.25) is 0 Å². The standard InChI is InChI=1S/C14H16N2O3S/c17-12-5-8-16(9-6-12)20(18,19)13-3-4-14-11(10-13)2-1-7-15-14/h1-4,7,10,12,17H,5-6,8-9H2. The third kappa shape index (κ3) is 2.42. The summed E-state index contributed by atoms with van der Waals surface area (Å²) < 4.78 is 26.6. The van der Waals surface area contributed by atoms with Gasteiger partial charge >= 0.3 is 0 Å². The molecule has 5 nitrogen and oxygen atoms in total. The lowest BCUT2D eigenvalue weighted by Gasteiger charge is -2.28. The van der Waals surface area contributed by atoms with Crippen molar-refractivity contribution in [3.63, 3.8) is 0 Å². The second kappa shape index (κ2) is 5.12. The first-order chi connectivity index (χ1) is 9.57. The summed E-state index contributed by atoms with van der Waals surface area (Å²) in [6.07, 6.45) is 2.29. The molecule has 1 N–H and O–H groups in total. The molecule has 0 saturated carbocycles. The highest BCUT2D eigenvalue weighted by molar-refractivity contribution is 7.89. The van der Waals surface area contributed by atoms with E-state index in [4.69, 9.17) is 0 Å². The fourth-order valence-corrected chi connectivity index (χ4v) is 3.95. The maximum absolute atomic E-state index is 12.6. The minimum absolute atomic E-state index is 0.286. The monoisotopic (exact) mass is 292 g/mol. The molecule has 1 aromatic heterocycles. The van der Waals surface area contributed by atoms with Gasteiger partial charge in [0.15, 0.2) is 0 Å². The third-order valence-electron chi connectivity index (χ3n) is 3.64. The van der Waals surface area contributed by atoms with E-state index in [1.54, 1.807) is 30.5 Å². The number of piperidine rings is 1. The third-order valence-corrected chi connectivity index (χ3v) is 5.53. The SMILES string of the molecule is O=S(=O)(c1ccc2ncccc2c1)N1CCC(O)CC1. The Balaban J connectivity index is 1.96. The second-order valence-corrected chi connectivity index (χ2v) is 6.93. The molecule has 1 aliphatic heterocycles. The van der Waals surface area contributed by atoms with Crippen LogP contribution >= 0.6 is 0 Å². The summed E-state index contributed by atoms with van der Waals surface area (Å²) in [5.74, 6) is 0. The van der Waals surface area contributed by atoms with Crippen molar-refractivity contribution in [2.45, 2.75) is 23.8 Å². The van der Waals surface area contributed by atoms with Gasteiger partial charge in [0.25, 0.3) is 0 Å². The summed E-state index contributed by atoms with van der Waals surface area (Å²) in [6.45, 7) is 0.739. The number of aliphatic hydroxyl groups excluding tert-OH is 1. The highest BCUT2D eigenvalue weighted by atomic mass is 32.2. The quantitative estimate of drug-likeness (QED) is 0.908. The van der Waals surface area contributed by atoms with Gasteiger partial charge in [0, 0.05) is 24.7 Å². The Hall–Kier alpha value is -1.50. The summed E-state index contributed by atoms with van der Waals surface area (Å²) in [7, 11) is -3.48. The maximum atomic E-state index is 12.6. The van der Waals surface area contributed by atoms with Crippen LogP contribution < -0.4 is 0 Å². The number of hydrogen-bond acceptors (Lipinski definition) is 4. The topological polar surface area (TPSA) is 70.5 Å². The van der Waals surface area contributed by atoms with Gasteiger partial charge < -0.3 is 5.11 Å². The summed E-state index contributed by atoms with van der Waals surface area (Å²) >= 11 is 0. The minimum atomic E-state index is -3.48. The summed E-state index contributed by atoms with van der Waals surface area (Å²) in [5.41, 5.74) is 0.778. The Kier molecular flexibility index (Phi) is 3.45. The number of nitrogens with zero attached hydrogens (tertiary/aromatic N) is 2. The Morgan fingerprint density at radius 2 is 1.95 bits per heavy atom. The molecular weight excluding hydrogens is 276 g/mol. The van der Waals surface area contributed by atoms with E-state index in [1.807, 2.05) is 6.07 Å². The van der Waals surface area contributed by atoms with Crippen LogP contribution in [-0.4, -0.2) is 42.0 Å². The summed E-state index contributed by atoms with van der Waals surface area (Å²) in [6, 6.07) is 8.61. The van der Waals surface area contributed by atoms with Gasteiger partial charge in [-0.05, 0) is 37.1 Å². The molecule has 1 saturated heterocycles. The molecule has 1 aliphatic rings. The van der Waals surface area contributed by atoms with Crippen LogP contribution in [0.15, 0.2) is 41.4 Å². The summed E-state index contributed by atoms with van der Waals surface area (Å²) in [5, 5.41) is 10.3. The van der Waals surface area contributed by atoms with E-state index < -0.39 is 10.0 Å². The highest BCUT2D eigenvalue weighted by Gasteiger charge is 2.28. The van der Waals surface area contributed by atoms with Crippen molar-refractivity contribution in [3.05, 3.63) is 36.5 Å². The van der Waals surface area contributed by atoms with Crippen LogP contribution in [0.25, 0.3) is 10.9 Å².